The quantitative estimate of drug-likeness (QED) is 0.870. The van der Waals surface area contributed by atoms with Gasteiger partial charge in [-0.25, -0.2) is 0 Å². The average molecular weight is 300 g/mol. The van der Waals surface area contributed by atoms with Crippen molar-refractivity contribution >= 4 is 0 Å². The fourth-order valence-electron chi connectivity index (χ4n) is 2.44. The van der Waals surface area contributed by atoms with E-state index in [-0.39, 0.29) is 11.4 Å². The van der Waals surface area contributed by atoms with Crippen molar-refractivity contribution in [1.82, 2.24) is 19.9 Å². The van der Waals surface area contributed by atoms with Crippen LogP contribution in [0, 0.1) is 5.92 Å². The summed E-state index contributed by atoms with van der Waals surface area (Å²) in [5.41, 5.74) is -1.14. The molecular weight excluding hydrogens is 285 g/mol. The van der Waals surface area contributed by atoms with Crippen molar-refractivity contribution in [3.8, 4) is 11.4 Å². The van der Waals surface area contributed by atoms with E-state index in [2.05, 4.69) is 15.2 Å². The van der Waals surface area contributed by atoms with Gasteiger partial charge in [-0.2, -0.15) is 23.3 Å². The van der Waals surface area contributed by atoms with Crippen LogP contribution in [0.4, 0.5) is 13.2 Å². The van der Waals surface area contributed by atoms with Crippen molar-refractivity contribution in [2.24, 2.45) is 13.0 Å². The Morgan fingerprint density at radius 2 is 2.14 bits per heavy atom. The van der Waals surface area contributed by atoms with E-state index in [4.69, 9.17) is 4.52 Å². The van der Waals surface area contributed by atoms with Crippen LogP contribution in [0.1, 0.15) is 37.3 Å². The first-order valence-electron chi connectivity index (χ1n) is 6.87. The zero-order chi connectivity index (χ0) is 15.0. The van der Waals surface area contributed by atoms with Gasteiger partial charge >= 0.3 is 6.18 Å². The second-order valence-electron chi connectivity index (χ2n) is 5.41. The van der Waals surface area contributed by atoms with E-state index in [0.29, 0.717) is 18.2 Å². The lowest BCUT2D eigenvalue weighted by molar-refractivity contribution is -0.141. The number of rotatable bonds is 4. The van der Waals surface area contributed by atoms with E-state index in [0.717, 1.165) is 11.1 Å². The van der Waals surface area contributed by atoms with E-state index < -0.39 is 11.9 Å². The SMILES string of the molecule is Cn1cc(-c2noc(CCC3CCC3)n2)c(C(F)(F)F)n1. The number of halogens is 3. The highest BCUT2D eigenvalue weighted by atomic mass is 19.4. The summed E-state index contributed by atoms with van der Waals surface area (Å²) in [7, 11) is 1.43. The van der Waals surface area contributed by atoms with Gasteiger partial charge in [-0.3, -0.25) is 4.68 Å². The van der Waals surface area contributed by atoms with Gasteiger partial charge in [0.15, 0.2) is 5.69 Å². The second-order valence-corrected chi connectivity index (χ2v) is 5.41. The number of aromatic nitrogens is 4. The zero-order valence-corrected chi connectivity index (χ0v) is 11.5. The molecule has 0 aliphatic heterocycles. The zero-order valence-electron chi connectivity index (χ0n) is 11.5. The molecule has 5 nitrogen and oxygen atoms in total. The standard InChI is InChI=1S/C13H15F3N4O/c1-20-7-9(11(18-20)13(14,15)16)12-17-10(21-19-12)6-5-8-3-2-4-8/h7-8H,2-6H2,1H3. The van der Waals surface area contributed by atoms with E-state index in [1.54, 1.807) is 0 Å². The van der Waals surface area contributed by atoms with Crippen LogP contribution in [-0.4, -0.2) is 19.9 Å². The molecule has 3 rings (SSSR count). The first kappa shape index (κ1) is 14.1. The van der Waals surface area contributed by atoms with Crippen LogP contribution in [0.15, 0.2) is 10.7 Å². The molecule has 2 aromatic heterocycles. The third-order valence-corrected chi connectivity index (χ3v) is 3.80. The molecule has 2 aromatic rings. The number of hydrogen-bond acceptors (Lipinski definition) is 4. The molecule has 1 saturated carbocycles. The van der Waals surface area contributed by atoms with Crippen LogP contribution in [0.3, 0.4) is 0 Å². The summed E-state index contributed by atoms with van der Waals surface area (Å²) in [6, 6.07) is 0. The highest BCUT2D eigenvalue weighted by Gasteiger charge is 2.38. The van der Waals surface area contributed by atoms with E-state index in [9.17, 15) is 13.2 Å². The fourth-order valence-corrected chi connectivity index (χ4v) is 2.44. The van der Waals surface area contributed by atoms with Crippen molar-refractivity contribution in [2.75, 3.05) is 0 Å². The molecule has 0 N–H and O–H groups in total. The van der Waals surface area contributed by atoms with Crippen LogP contribution >= 0.6 is 0 Å². The molecule has 0 spiro atoms. The summed E-state index contributed by atoms with van der Waals surface area (Å²) >= 11 is 0. The number of aryl methyl sites for hydroxylation is 2. The van der Waals surface area contributed by atoms with E-state index in [1.165, 1.54) is 32.5 Å². The smallest absolute Gasteiger partial charge is 0.339 e. The maximum atomic E-state index is 12.9. The minimum absolute atomic E-state index is 0.0564. The molecule has 1 aliphatic carbocycles. The normalized spacial score (nSPS) is 16.2. The second kappa shape index (κ2) is 5.16. The van der Waals surface area contributed by atoms with Crippen LogP contribution < -0.4 is 0 Å². The summed E-state index contributed by atoms with van der Waals surface area (Å²) in [4.78, 5) is 4.07. The average Bonchev–Trinajstić information content (AvgIpc) is 2.92. The molecule has 0 bridgehead atoms. The molecule has 114 valence electrons. The van der Waals surface area contributed by atoms with E-state index in [1.807, 2.05) is 0 Å². The molecule has 0 atom stereocenters. The lowest BCUT2D eigenvalue weighted by Crippen LogP contribution is -2.11. The summed E-state index contributed by atoms with van der Waals surface area (Å²) in [6.45, 7) is 0. The van der Waals surface area contributed by atoms with Gasteiger partial charge in [-0.1, -0.05) is 24.4 Å². The number of nitrogens with zero attached hydrogens (tertiary/aromatic N) is 4. The van der Waals surface area contributed by atoms with Gasteiger partial charge in [0.2, 0.25) is 11.7 Å². The Kier molecular flexibility index (Phi) is 3.46. The van der Waals surface area contributed by atoms with Gasteiger partial charge in [0.05, 0.1) is 5.56 Å². The maximum Gasteiger partial charge on any atom is 0.435 e. The van der Waals surface area contributed by atoms with Crippen LogP contribution in [0.2, 0.25) is 0 Å². The molecule has 0 saturated heterocycles. The van der Waals surface area contributed by atoms with Gasteiger partial charge < -0.3 is 4.52 Å². The summed E-state index contributed by atoms with van der Waals surface area (Å²) in [6.07, 6.45) is 1.95. The molecule has 8 heteroatoms. The Morgan fingerprint density at radius 1 is 1.38 bits per heavy atom. The summed E-state index contributed by atoms with van der Waals surface area (Å²) in [5, 5.41) is 7.09. The van der Waals surface area contributed by atoms with Crippen molar-refractivity contribution in [3.05, 3.63) is 17.8 Å². The molecule has 0 amide bonds. The molecule has 0 unspecified atom stereocenters. The fraction of sp³-hybridized carbons (Fsp3) is 0.615. The Balaban J connectivity index is 1.79. The van der Waals surface area contributed by atoms with E-state index >= 15 is 0 Å². The maximum absolute atomic E-state index is 12.9. The molecule has 1 aliphatic rings. The predicted octanol–water partition coefficient (Wildman–Crippen LogP) is 3.22. The van der Waals surface area contributed by atoms with Crippen molar-refractivity contribution in [1.29, 1.82) is 0 Å². The molecular formula is C13H15F3N4O. The number of hydrogen-bond donors (Lipinski definition) is 0. The Labute approximate surface area is 119 Å². The molecule has 1 fully saturated rings. The van der Waals surface area contributed by atoms with Gasteiger partial charge in [0, 0.05) is 19.7 Å². The third kappa shape index (κ3) is 2.93. The van der Waals surface area contributed by atoms with Gasteiger partial charge in [-0.05, 0) is 12.3 Å². The molecule has 0 aromatic carbocycles. The monoisotopic (exact) mass is 300 g/mol. The summed E-state index contributed by atoms with van der Waals surface area (Å²) in [5.74, 6) is 1.01. The lowest BCUT2D eigenvalue weighted by Gasteiger charge is -2.24. The van der Waals surface area contributed by atoms with Crippen molar-refractivity contribution < 1.29 is 17.7 Å². The van der Waals surface area contributed by atoms with Crippen LogP contribution in [0.25, 0.3) is 11.4 Å². The third-order valence-electron chi connectivity index (χ3n) is 3.80. The lowest BCUT2D eigenvalue weighted by atomic mass is 9.82. The first-order chi connectivity index (χ1) is 9.93. The van der Waals surface area contributed by atoms with Gasteiger partial charge in [0.25, 0.3) is 0 Å². The van der Waals surface area contributed by atoms with Crippen LogP contribution in [-0.2, 0) is 19.6 Å². The Hall–Kier alpha value is -1.86. The number of alkyl halides is 3. The summed E-state index contributed by atoms with van der Waals surface area (Å²) < 4.78 is 44.8. The minimum Gasteiger partial charge on any atom is -0.339 e. The predicted molar refractivity (Wildman–Crippen MR) is 67.2 cm³/mol. The van der Waals surface area contributed by atoms with Crippen molar-refractivity contribution in [2.45, 2.75) is 38.3 Å². The largest absolute Gasteiger partial charge is 0.435 e. The van der Waals surface area contributed by atoms with Crippen LogP contribution in [0.5, 0.6) is 0 Å². The van der Waals surface area contributed by atoms with Gasteiger partial charge in [-0.15, -0.1) is 0 Å². The molecule has 2 heterocycles. The first-order valence-corrected chi connectivity index (χ1v) is 6.87. The Bertz CT molecular complexity index is 628. The molecule has 21 heavy (non-hydrogen) atoms. The highest BCUT2D eigenvalue weighted by molar-refractivity contribution is 5.57. The van der Waals surface area contributed by atoms with Gasteiger partial charge in [0.1, 0.15) is 0 Å². The van der Waals surface area contributed by atoms with Crippen molar-refractivity contribution in [3.63, 3.8) is 0 Å². The minimum atomic E-state index is -4.54. The Morgan fingerprint density at radius 3 is 2.76 bits per heavy atom. The highest BCUT2D eigenvalue weighted by Crippen LogP contribution is 2.35. The molecule has 0 radical (unpaired) electrons. The topological polar surface area (TPSA) is 56.7 Å².